The average molecular weight is 316 g/mol. The Bertz CT molecular complexity index is 746. The van der Waals surface area contributed by atoms with Gasteiger partial charge in [-0.25, -0.2) is 4.98 Å². The summed E-state index contributed by atoms with van der Waals surface area (Å²) in [7, 11) is 1.89. The topological polar surface area (TPSA) is 29.9 Å². The Hall–Kier alpha value is -1.81. The number of imidazole rings is 1. The molecule has 0 aliphatic heterocycles. The number of aromatic nitrogens is 2. The van der Waals surface area contributed by atoms with Crippen LogP contribution in [0.15, 0.2) is 47.1 Å². The van der Waals surface area contributed by atoms with Gasteiger partial charge in [0.25, 0.3) is 0 Å². The average Bonchev–Trinajstić information content (AvgIpc) is 2.79. The summed E-state index contributed by atoms with van der Waals surface area (Å²) in [5.74, 6) is 0.856. The van der Waals surface area contributed by atoms with E-state index in [9.17, 15) is 0 Å². The van der Waals surface area contributed by atoms with Crippen LogP contribution < -0.4 is 5.32 Å². The highest BCUT2D eigenvalue weighted by molar-refractivity contribution is 9.10. The number of nitrogens with zero attached hydrogens (tertiary/aromatic N) is 2. The van der Waals surface area contributed by atoms with Crippen molar-refractivity contribution in [1.82, 2.24) is 9.55 Å². The van der Waals surface area contributed by atoms with E-state index in [1.54, 1.807) is 0 Å². The summed E-state index contributed by atoms with van der Waals surface area (Å²) < 4.78 is 3.17. The van der Waals surface area contributed by atoms with Crippen molar-refractivity contribution in [2.75, 3.05) is 12.4 Å². The van der Waals surface area contributed by atoms with Crippen LogP contribution in [0.1, 0.15) is 5.69 Å². The summed E-state index contributed by atoms with van der Waals surface area (Å²) in [6, 6.07) is 12.7. The van der Waals surface area contributed by atoms with Crippen molar-refractivity contribution in [3.05, 3.63) is 52.8 Å². The van der Waals surface area contributed by atoms with E-state index in [-0.39, 0.29) is 0 Å². The molecule has 0 fully saturated rings. The van der Waals surface area contributed by atoms with Gasteiger partial charge < -0.3 is 5.32 Å². The minimum Gasteiger partial charge on any atom is -0.358 e. The molecule has 2 aromatic carbocycles. The summed E-state index contributed by atoms with van der Waals surface area (Å²) in [6.07, 6.45) is 2.03. The Morgan fingerprint density at radius 2 is 1.84 bits per heavy atom. The molecule has 0 unspecified atom stereocenters. The molecule has 3 aromatic rings. The van der Waals surface area contributed by atoms with Crippen LogP contribution in [0.25, 0.3) is 16.5 Å². The molecular formula is C15H14BrN3. The normalized spacial score (nSPS) is 10.9. The third-order valence-corrected chi connectivity index (χ3v) is 3.61. The van der Waals surface area contributed by atoms with E-state index in [4.69, 9.17) is 0 Å². The largest absolute Gasteiger partial charge is 0.358 e. The number of benzene rings is 2. The highest BCUT2D eigenvalue weighted by Gasteiger charge is 2.06. The highest BCUT2D eigenvalue weighted by atomic mass is 79.9. The number of rotatable bonds is 2. The lowest BCUT2D eigenvalue weighted by Gasteiger charge is -2.08. The van der Waals surface area contributed by atoms with Crippen molar-refractivity contribution in [1.29, 1.82) is 0 Å². The molecule has 1 aromatic heterocycles. The van der Waals surface area contributed by atoms with Crippen LogP contribution in [-0.2, 0) is 0 Å². The van der Waals surface area contributed by atoms with Gasteiger partial charge in [0.1, 0.15) is 0 Å². The molecule has 0 aliphatic rings. The first-order valence-electron chi connectivity index (χ1n) is 6.11. The molecule has 1 heterocycles. The highest BCUT2D eigenvalue weighted by Crippen LogP contribution is 2.24. The van der Waals surface area contributed by atoms with E-state index in [2.05, 4.69) is 67.2 Å². The van der Waals surface area contributed by atoms with Gasteiger partial charge in [0, 0.05) is 23.4 Å². The Labute approximate surface area is 120 Å². The van der Waals surface area contributed by atoms with Crippen molar-refractivity contribution in [3.8, 4) is 5.69 Å². The molecular weight excluding hydrogens is 302 g/mol. The molecule has 1 N–H and O–H groups in total. The zero-order valence-electron chi connectivity index (χ0n) is 10.8. The maximum absolute atomic E-state index is 4.44. The number of nitrogens with one attached hydrogen (secondary N) is 1. The molecule has 4 heteroatoms. The second kappa shape index (κ2) is 4.70. The summed E-state index contributed by atoms with van der Waals surface area (Å²) >= 11 is 3.50. The molecule has 0 saturated carbocycles. The molecule has 96 valence electrons. The van der Waals surface area contributed by atoms with Crippen molar-refractivity contribution in [3.63, 3.8) is 0 Å². The molecule has 0 radical (unpaired) electrons. The Balaban J connectivity index is 2.17. The van der Waals surface area contributed by atoms with Gasteiger partial charge in [0.2, 0.25) is 5.95 Å². The number of hydrogen-bond acceptors (Lipinski definition) is 2. The maximum Gasteiger partial charge on any atom is 0.207 e. The second-order valence-electron chi connectivity index (χ2n) is 4.50. The van der Waals surface area contributed by atoms with Crippen LogP contribution >= 0.6 is 15.9 Å². The quantitative estimate of drug-likeness (QED) is 0.770. The minimum atomic E-state index is 0.856. The monoisotopic (exact) mass is 315 g/mol. The summed E-state index contributed by atoms with van der Waals surface area (Å²) in [5.41, 5.74) is 2.11. The van der Waals surface area contributed by atoms with Crippen LogP contribution in [0.3, 0.4) is 0 Å². The lowest BCUT2D eigenvalue weighted by Crippen LogP contribution is -2.00. The first-order chi connectivity index (χ1) is 9.17. The summed E-state index contributed by atoms with van der Waals surface area (Å²) in [6.45, 7) is 2.00. The van der Waals surface area contributed by atoms with Gasteiger partial charge in [-0.3, -0.25) is 4.57 Å². The van der Waals surface area contributed by atoms with Crippen molar-refractivity contribution < 1.29 is 0 Å². The number of hydrogen-bond donors (Lipinski definition) is 1. The zero-order chi connectivity index (χ0) is 13.4. The van der Waals surface area contributed by atoms with E-state index in [1.165, 1.54) is 10.8 Å². The Morgan fingerprint density at radius 3 is 2.63 bits per heavy atom. The summed E-state index contributed by atoms with van der Waals surface area (Å²) in [5, 5.41) is 5.56. The van der Waals surface area contributed by atoms with Gasteiger partial charge in [-0.05, 0) is 42.0 Å². The van der Waals surface area contributed by atoms with E-state index >= 15 is 0 Å². The SMILES string of the molecule is CNc1nc(C)cn1-c1ccc2cc(Br)ccc2c1. The number of halogens is 1. The van der Waals surface area contributed by atoms with Gasteiger partial charge in [-0.15, -0.1) is 0 Å². The van der Waals surface area contributed by atoms with E-state index < -0.39 is 0 Å². The lowest BCUT2D eigenvalue weighted by atomic mass is 10.1. The predicted octanol–water partition coefficient (Wildman–Crippen LogP) is 4.14. The first-order valence-corrected chi connectivity index (χ1v) is 6.90. The third-order valence-electron chi connectivity index (χ3n) is 3.11. The molecule has 3 nitrogen and oxygen atoms in total. The minimum absolute atomic E-state index is 0.856. The molecule has 0 bridgehead atoms. The van der Waals surface area contributed by atoms with Gasteiger partial charge in [-0.2, -0.15) is 0 Å². The zero-order valence-corrected chi connectivity index (χ0v) is 12.4. The summed E-state index contributed by atoms with van der Waals surface area (Å²) in [4.78, 5) is 4.44. The predicted molar refractivity (Wildman–Crippen MR) is 83.1 cm³/mol. The van der Waals surface area contributed by atoms with Crippen LogP contribution in [0.4, 0.5) is 5.95 Å². The van der Waals surface area contributed by atoms with E-state index in [1.807, 2.05) is 20.2 Å². The van der Waals surface area contributed by atoms with Gasteiger partial charge in [-0.1, -0.05) is 28.1 Å². The van der Waals surface area contributed by atoms with Crippen LogP contribution in [0, 0.1) is 6.92 Å². The van der Waals surface area contributed by atoms with Crippen LogP contribution in [0.5, 0.6) is 0 Å². The van der Waals surface area contributed by atoms with Crippen molar-refractivity contribution in [2.45, 2.75) is 6.92 Å². The molecule has 0 saturated heterocycles. The third kappa shape index (κ3) is 2.24. The second-order valence-corrected chi connectivity index (χ2v) is 5.42. The standard InChI is InChI=1S/C15H14BrN3/c1-10-9-19(15(17-2)18-10)14-6-4-11-7-13(16)5-3-12(11)8-14/h3-9H,1-2H3,(H,17,18). The van der Waals surface area contributed by atoms with Gasteiger partial charge >= 0.3 is 0 Å². The van der Waals surface area contributed by atoms with Crippen LogP contribution in [-0.4, -0.2) is 16.6 Å². The fraction of sp³-hybridized carbons (Fsp3) is 0.133. The fourth-order valence-electron chi connectivity index (χ4n) is 2.22. The number of aryl methyl sites for hydroxylation is 1. The van der Waals surface area contributed by atoms with E-state index in [0.717, 1.165) is 21.8 Å². The molecule has 19 heavy (non-hydrogen) atoms. The van der Waals surface area contributed by atoms with Gasteiger partial charge in [0.05, 0.1) is 5.69 Å². The number of fused-ring (bicyclic) bond motifs is 1. The lowest BCUT2D eigenvalue weighted by molar-refractivity contribution is 1.06. The Morgan fingerprint density at radius 1 is 1.11 bits per heavy atom. The maximum atomic E-state index is 4.44. The molecule has 0 atom stereocenters. The van der Waals surface area contributed by atoms with E-state index in [0.29, 0.717) is 0 Å². The Kier molecular flexibility index (Phi) is 3.03. The molecule has 0 spiro atoms. The molecule has 0 aliphatic carbocycles. The van der Waals surface area contributed by atoms with Crippen LogP contribution in [0.2, 0.25) is 0 Å². The fourth-order valence-corrected chi connectivity index (χ4v) is 2.60. The number of anilines is 1. The molecule has 0 amide bonds. The first kappa shape index (κ1) is 12.2. The van der Waals surface area contributed by atoms with Crippen molar-refractivity contribution in [2.24, 2.45) is 0 Å². The molecule has 3 rings (SSSR count). The van der Waals surface area contributed by atoms with Crippen molar-refractivity contribution >= 4 is 32.7 Å². The smallest absolute Gasteiger partial charge is 0.207 e. The van der Waals surface area contributed by atoms with Gasteiger partial charge in [0.15, 0.2) is 0 Å².